The van der Waals surface area contributed by atoms with Gasteiger partial charge in [0.15, 0.2) is 0 Å². The van der Waals surface area contributed by atoms with E-state index in [4.69, 9.17) is 4.74 Å². The summed E-state index contributed by atoms with van der Waals surface area (Å²) in [5.74, 6) is 2.18. The number of anilines is 1. The molecule has 2 saturated heterocycles. The lowest BCUT2D eigenvalue weighted by molar-refractivity contribution is -0.128. The Hall–Kier alpha value is -1.73. The number of aromatic nitrogens is 2. The first-order valence-corrected chi connectivity index (χ1v) is 8.67. The fourth-order valence-electron chi connectivity index (χ4n) is 3.42. The van der Waals surface area contributed by atoms with E-state index in [1.807, 2.05) is 11.0 Å². The Morgan fingerprint density at radius 1 is 1.38 bits per heavy atom. The number of rotatable bonds is 6. The minimum Gasteiger partial charge on any atom is -0.393 e. The fraction of sp³-hybridized carbons (Fsp3) is 0.706. The van der Waals surface area contributed by atoms with Gasteiger partial charge >= 0.3 is 0 Å². The van der Waals surface area contributed by atoms with E-state index in [9.17, 15) is 9.90 Å². The first kappa shape index (κ1) is 17.1. The molecule has 3 rings (SSSR count). The van der Waals surface area contributed by atoms with Crippen molar-refractivity contribution in [2.24, 2.45) is 5.92 Å². The summed E-state index contributed by atoms with van der Waals surface area (Å²) in [7, 11) is 1.65. The van der Waals surface area contributed by atoms with Crippen molar-refractivity contribution < 1.29 is 14.6 Å². The number of likely N-dealkylation sites (tertiary alicyclic amines) is 1. The zero-order valence-corrected chi connectivity index (χ0v) is 14.2. The molecular formula is C17H26N4O3. The van der Waals surface area contributed by atoms with Crippen LogP contribution in [0.3, 0.4) is 0 Å². The van der Waals surface area contributed by atoms with Gasteiger partial charge in [-0.05, 0) is 24.8 Å². The molecule has 0 aliphatic carbocycles. The number of nitrogens with zero attached hydrogens (tertiary/aromatic N) is 4. The van der Waals surface area contributed by atoms with E-state index in [0.29, 0.717) is 19.6 Å². The molecular weight excluding hydrogens is 308 g/mol. The van der Waals surface area contributed by atoms with Gasteiger partial charge in [0.1, 0.15) is 11.6 Å². The van der Waals surface area contributed by atoms with Gasteiger partial charge < -0.3 is 19.6 Å². The molecule has 2 fully saturated rings. The highest BCUT2D eigenvalue weighted by atomic mass is 16.5. The second kappa shape index (κ2) is 7.90. The number of ether oxygens (including phenoxy) is 1. The molecule has 2 aliphatic rings. The molecule has 7 heteroatoms. The maximum absolute atomic E-state index is 12.0. The van der Waals surface area contributed by atoms with Crippen molar-refractivity contribution in [2.45, 2.75) is 31.8 Å². The molecule has 1 aromatic rings. The molecule has 0 bridgehead atoms. The maximum atomic E-state index is 12.0. The average molecular weight is 334 g/mol. The Morgan fingerprint density at radius 3 is 2.92 bits per heavy atom. The van der Waals surface area contributed by atoms with Crippen molar-refractivity contribution in [3.05, 3.63) is 18.1 Å². The molecule has 3 heterocycles. The molecule has 0 spiro atoms. The molecule has 0 saturated carbocycles. The minimum atomic E-state index is -0.190. The number of carbonyl (C=O) groups excluding carboxylic acids is 1. The van der Waals surface area contributed by atoms with Crippen molar-refractivity contribution in [1.82, 2.24) is 14.9 Å². The fourth-order valence-corrected chi connectivity index (χ4v) is 3.42. The monoisotopic (exact) mass is 334 g/mol. The van der Waals surface area contributed by atoms with E-state index in [1.54, 1.807) is 13.3 Å². The molecule has 132 valence electrons. The van der Waals surface area contributed by atoms with Crippen LogP contribution in [0.4, 0.5) is 5.82 Å². The van der Waals surface area contributed by atoms with Gasteiger partial charge in [-0.25, -0.2) is 9.97 Å². The number of piperidine rings is 1. The second-order valence-electron chi connectivity index (χ2n) is 6.66. The zero-order valence-electron chi connectivity index (χ0n) is 14.2. The van der Waals surface area contributed by atoms with Crippen LogP contribution < -0.4 is 4.90 Å². The van der Waals surface area contributed by atoms with E-state index >= 15 is 0 Å². The summed E-state index contributed by atoms with van der Waals surface area (Å²) in [5.41, 5.74) is 0. The van der Waals surface area contributed by atoms with E-state index in [0.717, 1.165) is 50.5 Å². The number of hydrogen-bond donors (Lipinski definition) is 1. The Labute approximate surface area is 142 Å². The second-order valence-corrected chi connectivity index (χ2v) is 6.66. The van der Waals surface area contributed by atoms with Gasteiger partial charge in [-0.2, -0.15) is 0 Å². The van der Waals surface area contributed by atoms with Crippen molar-refractivity contribution in [1.29, 1.82) is 0 Å². The summed E-state index contributed by atoms with van der Waals surface area (Å²) < 4.78 is 5.05. The summed E-state index contributed by atoms with van der Waals surface area (Å²) in [6.45, 7) is 3.63. The van der Waals surface area contributed by atoms with Crippen LogP contribution in [0, 0.1) is 5.92 Å². The van der Waals surface area contributed by atoms with Crippen molar-refractivity contribution in [3.8, 4) is 0 Å². The topological polar surface area (TPSA) is 78.8 Å². The van der Waals surface area contributed by atoms with Crippen molar-refractivity contribution in [2.75, 3.05) is 44.8 Å². The van der Waals surface area contributed by atoms with E-state index < -0.39 is 0 Å². The third-order valence-electron chi connectivity index (χ3n) is 4.81. The molecule has 7 nitrogen and oxygen atoms in total. The summed E-state index contributed by atoms with van der Waals surface area (Å²) in [6.07, 6.45) is 4.45. The zero-order chi connectivity index (χ0) is 16.9. The number of amides is 1. The largest absolute Gasteiger partial charge is 0.393 e. The first-order valence-electron chi connectivity index (χ1n) is 8.67. The lowest BCUT2D eigenvalue weighted by Crippen LogP contribution is -2.36. The van der Waals surface area contributed by atoms with Gasteiger partial charge in [0.2, 0.25) is 5.91 Å². The van der Waals surface area contributed by atoms with Crippen LogP contribution in [-0.4, -0.2) is 71.9 Å². The van der Waals surface area contributed by atoms with Gasteiger partial charge in [-0.15, -0.1) is 0 Å². The quantitative estimate of drug-likeness (QED) is 0.815. The molecule has 0 radical (unpaired) electrons. The third-order valence-corrected chi connectivity index (χ3v) is 4.81. The number of aliphatic hydroxyl groups is 1. The molecule has 0 unspecified atom stereocenters. The van der Waals surface area contributed by atoms with E-state index in [1.165, 1.54) is 0 Å². The standard InChI is InChI=1S/C17H26N4O3/c1-24-9-8-21-12-13(11-17(21)23)10-15-18-5-2-16(19-15)20-6-3-14(22)4-7-20/h2,5,13-14,22H,3-4,6-12H2,1H3/t13-/m0/s1. The Balaban J connectivity index is 1.58. The van der Waals surface area contributed by atoms with Crippen LogP contribution in [0.15, 0.2) is 12.3 Å². The van der Waals surface area contributed by atoms with Crippen molar-refractivity contribution in [3.63, 3.8) is 0 Å². The summed E-state index contributed by atoms with van der Waals surface area (Å²) in [5, 5.41) is 9.62. The lowest BCUT2D eigenvalue weighted by atomic mass is 10.0. The minimum absolute atomic E-state index is 0.190. The highest BCUT2D eigenvalue weighted by Gasteiger charge is 2.30. The summed E-state index contributed by atoms with van der Waals surface area (Å²) in [4.78, 5) is 25.1. The maximum Gasteiger partial charge on any atom is 0.223 e. The molecule has 1 N–H and O–H groups in total. The Kier molecular flexibility index (Phi) is 5.63. The molecule has 1 aromatic heterocycles. The molecule has 24 heavy (non-hydrogen) atoms. The van der Waals surface area contributed by atoms with Crippen LogP contribution in [0.2, 0.25) is 0 Å². The van der Waals surface area contributed by atoms with Crippen LogP contribution in [0.5, 0.6) is 0 Å². The van der Waals surface area contributed by atoms with Crippen LogP contribution in [0.25, 0.3) is 0 Å². The van der Waals surface area contributed by atoms with Gasteiger partial charge in [-0.1, -0.05) is 0 Å². The number of carbonyl (C=O) groups is 1. The molecule has 0 aromatic carbocycles. The van der Waals surface area contributed by atoms with Crippen molar-refractivity contribution >= 4 is 11.7 Å². The van der Waals surface area contributed by atoms with Gasteiger partial charge in [0, 0.05) is 52.3 Å². The van der Waals surface area contributed by atoms with Gasteiger partial charge in [0.05, 0.1) is 12.7 Å². The van der Waals surface area contributed by atoms with Crippen LogP contribution in [-0.2, 0) is 16.0 Å². The highest BCUT2D eigenvalue weighted by Crippen LogP contribution is 2.22. The van der Waals surface area contributed by atoms with Crippen LogP contribution in [0.1, 0.15) is 25.1 Å². The summed E-state index contributed by atoms with van der Waals surface area (Å²) >= 11 is 0. The smallest absolute Gasteiger partial charge is 0.223 e. The van der Waals surface area contributed by atoms with E-state index in [2.05, 4.69) is 14.9 Å². The predicted octanol–water partition coefficient (Wildman–Crippen LogP) is 0.475. The van der Waals surface area contributed by atoms with Gasteiger partial charge in [0.25, 0.3) is 0 Å². The van der Waals surface area contributed by atoms with Crippen LogP contribution >= 0.6 is 0 Å². The Morgan fingerprint density at radius 2 is 2.17 bits per heavy atom. The lowest BCUT2D eigenvalue weighted by Gasteiger charge is -2.30. The molecule has 1 atom stereocenters. The molecule has 2 aliphatic heterocycles. The Bertz CT molecular complexity index is 561. The SMILES string of the molecule is COCCN1C[C@@H](Cc2nccc(N3CCC(O)CC3)n2)CC1=O. The number of hydrogen-bond acceptors (Lipinski definition) is 6. The molecule has 1 amide bonds. The first-order chi connectivity index (χ1) is 11.7. The number of methoxy groups -OCH3 is 1. The predicted molar refractivity (Wildman–Crippen MR) is 89.8 cm³/mol. The van der Waals surface area contributed by atoms with E-state index in [-0.39, 0.29) is 17.9 Å². The summed E-state index contributed by atoms with van der Waals surface area (Å²) in [6, 6.07) is 1.92. The normalized spacial score (nSPS) is 22.4. The highest BCUT2D eigenvalue weighted by molar-refractivity contribution is 5.78. The van der Waals surface area contributed by atoms with Gasteiger partial charge in [-0.3, -0.25) is 4.79 Å². The average Bonchev–Trinajstić information content (AvgIpc) is 2.93. The number of aliphatic hydroxyl groups excluding tert-OH is 1. The third kappa shape index (κ3) is 4.21.